The summed E-state index contributed by atoms with van der Waals surface area (Å²) < 4.78 is 51.6. The van der Waals surface area contributed by atoms with E-state index in [2.05, 4.69) is 5.32 Å². The van der Waals surface area contributed by atoms with Gasteiger partial charge in [-0.25, -0.2) is 0 Å². The van der Waals surface area contributed by atoms with Gasteiger partial charge in [0.05, 0.1) is 17.3 Å². The van der Waals surface area contributed by atoms with Gasteiger partial charge in [-0.3, -0.25) is 0 Å². The van der Waals surface area contributed by atoms with E-state index in [-0.39, 0.29) is 12.8 Å². The molecule has 0 fully saturated rings. The van der Waals surface area contributed by atoms with Gasteiger partial charge in [-0.2, -0.15) is 13.2 Å². The number of nitrogens with zero attached hydrogens (tertiary/aromatic N) is 1. The normalized spacial score (nSPS) is 18.0. The summed E-state index contributed by atoms with van der Waals surface area (Å²) in [7, 11) is 0. The zero-order valence-corrected chi connectivity index (χ0v) is 14.1. The molecule has 3 heterocycles. The van der Waals surface area contributed by atoms with Crippen LogP contribution in [-0.4, -0.2) is 11.4 Å². The molecule has 0 radical (unpaired) electrons. The van der Waals surface area contributed by atoms with Crippen LogP contribution < -0.4 is 14.8 Å². The Kier molecular flexibility index (Phi) is 3.48. The van der Waals surface area contributed by atoms with Crippen molar-refractivity contribution in [1.82, 2.24) is 9.88 Å². The lowest BCUT2D eigenvalue weighted by Gasteiger charge is -2.18. The minimum atomic E-state index is -4.34. The first-order valence-corrected chi connectivity index (χ1v) is 8.51. The molecule has 7 heteroatoms. The van der Waals surface area contributed by atoms with Crippen LogP contribution in [0.15, 0.2) is 54.7 Å². The molecule has 0 bridgehead atoms. The molecule has 3 aromatic rings. The maximum atomic E-state index is 12.9. The number of benzene rings is 2. The molecule has 1 atom stereocenters. The molecule has 0 spiro atoms. The summed E-state index contributed by atoms with van der Waals surface area (Å²) in [6.45, 7) is 0.762. The minimum absolute atomic E-state index is 0.207. The molecule has 0 unspecified atom stereocenters. The predicted molar refractivity (Wildman–Crippen MR) is 92.0 cm³/mol. The van der Waals surface area contributed by atoms with Gasteiger partial charge in [-0.05, 0) is 41.5 Å². The van der Waals surface area contributed by atoms with Crippen molar-refractivity contribution >= 4 is 0 Å². The van der Waals surface area contributed by atoms with Gasteiger partial charge in [0.2, 0.25) is 6.79 Å². The molecule has 138 valence electrons. The number of hydrogen-bond donors (Lipinski definition) is 1. The fourth-order valence-electron chi connectivity index (χ4n) is 3.66. The molecule has 2 aromatic carbocycles. The number of alkyl halides is 3. The SMILES string of the molecule is FC(F)(F)c1ccc([C@@H]2NCc3cc4c(cc3-n3cccc32)OCO4)cc1. The molecule has 27 heavy (non-hydrogen) atoms. The van der Waals surface area contributed by atoms with Crippen molar-refractivity contribution < 1.29 is 22.6 Å². The molecule has 1 aromatic heterocycles. The molecule has 2 aliphatic rings. The lowest BCUT2D eigenvalue weighted by molar-refractivity contribution is -0.137. The van der Waals surface area contributed by atoms with Crippen LogP contribution in [0, 0.1) is 0 Å². The van der Waals surface area contributed by atoms with Crippen LogP contribution in [0.25, 0.3) is 5.69 Å². The third-order valence-electron chi connectivity index (χ3n) is 4.98. The minimum Gasteiger partial charge on any atom is -0.454 e. The largest absolute Gasteiger partial charge is 0.454 e. The number of ether oxygens (including phenoxy) is 2. The number of fused-ring (bicyclic) bond motifs is 4. The Bertz CT molecular complexity index is 1010. The lowest BCUT2D eigenvalue weighted by Crippen LogP contribution is -2.21. The average molecular weight is 372 g/mol. The van der Waals surface area contributed by atoms with Crippen LogP contribution in [0.3, 0.4) is 0 Å². The van der Waals surface area contributed by atoms with Crippen molar-refractivity contribution in [1.29, 1.82) is 0 Å². The maximum absolute atomic E-state index is 12.9. The van der Waals surface area contributed by atoms with Gasteiger partial charge in [-0.15, -0.1) is 0 Å². The van der Waals surface area contributed by atoms with Gasteiger partial charge < -0.3 is 19.4 Å². The van der Waals surface area contributed by atoms with E-state index in [1.807, 2.05) is 35.0 Å². The molecule has 0 saturated carbocycles. The van der Waals surface area contributed by atoms with Crippen LogP contribution in [0.4, 0.5) is 13.2 Å². The summed E-state index contributed by atoms with van der Waals surface area (Å²) in [5, 5.41) is 3.45. The third kappa shape index (κ3) is 2.66. The van der Waals surface area contributed by atoms with E-state index in [0.29, 0.717) is 18.0 Å². The summed E-state index contributed by atoms with van der Waals surface area (Å²) in [6, 6.07) is 12.9. The van der Waals surface area contributed by atoms with Crippen molar-refractivity contribution in [3.63, 3.8) is 0 Å². The quantitative estimate of drug-likeness (QED) is 0.687. The Labute approximate surface area is 153 Å². The zero-order valence-electron chi connectivity index (χ0n) is 14.1. The molecule has 4 nitrogen and oxygen atoms in total. The lowest BCUT2D eigenvalue weighted by atomic mass is 10.0. The summed E-state index contributed by atoms with van der Waals surface area (Å²) in [5.41, 5.74) is 3.08. The fraction of sp³-hybridized carbons (Fsp3) is 0.200. The van der Waals surface area contributed by atoms with E-state index < -0.39 is 11.7 Å². The second kappa shape index (κ2) is 5.79. The Hall–Kier alpha value is -2.93. The summed E-state index contributed by atoms with van der Waals surface area (Å²) in [4.78, 5) is 0. The van der Waals surface area contributed by atoms with Crippen LogP contribution in [0.1, 0.15) is 28.4 Å². The highest BCUT2D eigenvalue weighted by atomic mass is 19.4. The van der Waals surface area contributed by atoms with Crippen molar-refractivity contribution in [2.45, 2.75) is 18.8 Å². The first-order valence-electron chi connectivity index (χ1n) is 8.51. The van der Waals surface area contributed by atoms with E-state index in [1.54, 1.807) is 0 Å². The second-order valence-electron chi connectivity index (χ2n) is 6.57. The highest BCUT2D eigenvalue weighted by molar-refractivity contribution is 5.57. The Morgan fingerprint density at radius 2 is 1.74 bits per heavy atom. The van der Waals surface area contributed by atoms with Gasteiger partial charge in [0.25, 0.3) is 0 Å². The number of rotatable bonds is 1. The first-order chi connectivity index (χ1) is 13.0. The molecular weight excluding hydrogens is 357 g/mol. The van der Waals surface area contributed by atoms with Crippen LogP contribution in [0.5, 0.6) is 11.5 Å². The van der Waals surface area contributed by atoms with E-state index in [0.717, 1.165) is 34.6 Å². The molecule has 1 N–H and O–H groups in total. The van der Waals surface area contributed by atoms with Crippen molar-refractivity contribution in [3.8, 4) is 17.2 Å². The number of nitrogens with one attached hydrogen (secondary N) is 1. The molecule has 5 rings (SSSR count). The molecule has 0 aliphatic carbocycles. The fourth-order valence-corrected chi connectivity index (χ4v) is 3.66. The third-order valence-corrected chi connectivity index (χ3v) is 4.98. The highest BCUT2D eigenvalue weighted by Gasteiger charge is 2.31. The molecular formula is C20H15F3N2O2. The van der Waals surface area contributed by atoms with Gasteiger partial charge in [-0.1, -0.05) is 12.1 Å². The molecule has 0 saturated heterocycles. The van der Waals surface area contributed by atoms with Gasteiger partial charge in [0.15, 0.2) is 11.5 Å². The average Bonchev–Trinajstić information content (AvgIpc) is 3.27. The van der Waals surface area contributed by atoms with E-state index >= 15 is 0 Å². The number of halogens is 3. The smallest absolute Gasteiger partial charge is 0.416 e. The maximum Gasteiger partial charge on any atom is 0.416 e. The first kappa shape index (κ1) is 16.3. The Morgan fingerprint density at radius 1 is 1.00 bits per heavy atom. The van der Waals surface area contributed by atoms with Crippen LogP contribution in [0.2, 0.25) is 0 Å². The summed E-state index contributed by atoms with van der Waals surface area (Å²) >= 11 is 0. The molecule has 2 aliphatic heterocycles. The monoisotopic (exact) mass is 372 g/mol. The van der Waals surface area contributed by atoms with Gasteiger partial charge in [0, 0.05) is 24.5 Å². The Morgan fingerprint density at radius 3 is 2.48 bits per heavy atom. The van der Waals surface area contributed by atoms with Crippen molar-refractivity contribution in [3.05, 3.63) is 77.1 Å². The predicted octanol–water partition coefficient (Wildman–Crippen LogP) is 4.42. The summed E-state index contributed by atoms with van der Waals surface area (Å²) in [6.07, 6.45) is -2.40. The van der Waals surface area contributed by atoms with Crippen LogP contribution in [-0.2, 0) is 12.7 Å². The number of hydrogen-bond acceptors (Lipinski definition) is 3. The van der Waals surface area contributed by atoms with Crippen LogP contribution >= 0.6 is 0 Å². The van der Waals surface area contributed by atoms with Crippen molar-refractivity contribution in [2.75, 3.05) is 6.79 Å². The Balaban J connectivity index is 1.57. The van der Waals surface area contributed by atoms with Crippen molar-refractivity contribution in [2.24, 2.45) is 0 Å². The summed E-state index contributed by atoms with van der Waals surface area (Å²) in [5.74, 6) is 1.40. The van der Waals surface area contributed by atoms with Gasteiger partial charge in [0.1, 0.15) is 0 Å². The van der Waals surface area contributed by atoms with E-state index in [1.165, 1.54) is 12.1 Å². The second-order valence-corrected chi connectivity index (χ2v) is 6.57. The number of aromatic nitrogens is 1. The zero-order chi connectivity index (χ0) is 18.6. The standard InChI is InChI=1S/C20H15F3N2O2/c21-20(22,23)14-5-3-12(4-6-14)19-15-2-1-7-25(15)16-9-18-17(26-11-27-18)8-13(16)10-24-19/h1-9,19,24H,10-11H2/t19-/m0/s1. The molecule has 0 amide bonds. The highest BCUT2D eigenvalue weighted by Crippen LogP contribution is 2.39. The topological polar surface area (TPSA) is 35.4 Å². The van der Waals surface area contributed by atoms with E-state index in [4.69, 9.17) is 9.47 Å². The van der Waals surface area contributed by atoms with E-state index in [9.17, 15) is 13.2 Å². The van der Waals surface area contributed by atoms with Gasteiger partial charge >= 0.3 is 6.18 Å².